The summed E-state index contributed by atoms with van der Waals surface area (Å²) in [4.78, 5) is 4.15. The summed E-state index contributed by atoms with van der Waals surface area (Å²) in [6.07, 6.45) is 0. The highest BCUT2D eigenvalue weighted by molar-refractivity contribution is 6.29. The van der Waals surface area contributed by atoms with E-state index in [0.29, 0.717) is 5.15 Å². The molecule has 0 aliphatic carbocycles. The minimum Gasteiger partial charge on any atom is -0.235 e. The molecule has 0 saturated heterocycles. The number of aromatic nitrogens is 1. The van der Waals surface area contributed by atoms with Crippen molar-refractivity contribution >= 4 is 22.5 Å². The molecule has 1 nitrogen and oxygen atoms in total. The van der Waals surface area contributed by atoms with Crippen molar-refractivity contribution < 1.29 is 0 Å². The van der Waals surface area contributed by atoms with Gasteiger partial charge >= 0.3 is 0 Å². The Hall–Kier alpha value is -1.08. The number of benzene rings is 1. The summed E-state index contributed by atoms with van der Waals surface area (Å²) >= 11 is 5.70. The van der Waals surface area contributed by atoms with E-state index in [0.717, 1.165) is 10.9 Å². The highest BCUT2D eigenvalue weighted by Crippen LogP contribution is 2.15. The van der Waals surface area contributed by atoms with Gasteiger partial charge in [0.25, 0.3) is 0 Å². The van der Waals surface area contributed by atoms with Gasteiger partial charge in [-0.3, -0.25) is 0 Å². The van der Waals surface area contributed by atoms with Gasteiger partial charge in [0.15, 0.2) is 0 Å². The maximum absolute atomic E-state index is 5.70. The predicted octanol–water partition coefficient (Wildman–Crippen LogP) is 3.00. The average Bonchev–Trinajstić information content (AvgIpc) is 2.03. The summed E-state index contributed by atoms with van der Waals surface area (Å²) in [5.74, 6) is 0. The third-order valence-electron chi connectivity index (χ3n) is 1.75. The smallest absolute Gasteiger partial charge is 0.137 e. The minimum absolute atomic E-state index is 0.424. The first kappa shape index (κ1) is 7.56. The van der Waals surface area contributed by atoms with Crippen molar-refractivity contribution in [2.45, 2.75) is 6.92 Å². The Morgan fingerprint density at radius 2 is 2.25 bits per heavy atom. The second-order valence-electron chi connectivity index (χ2n) is 2.75. The van der Waals surface area contributed by atoms with Crippen LogP contribution in [0, 0.1) is 13.0 Å². The number of nitrogens with zero attached hydrogens (tertiary/aromatic N) is 1. The SMILES string of the molecule is Cc1ccc2c[c]c(Cl)nc2c1. The molecule has 0 unspecified atom stereocenters. The lowest BCUT2D eigenvalue weighted by Gasteiger charge is -1.97. The van der Waals surface area contributed by atoms with Crippen LogP contribution in [-0.2, 0) is 0 Å². The number of pyridine rings is 1. The highest BCUT2D eigenvalue weighted by Gasteiger charge is 1.95. The third-order valence-corrected chi connectivity index (χ3v) is 1.94. The molecule has 2 aromatic rings. The maximum Gasteiger partial charge on any atom is 0.137 e. The van der Waals surface area contributed by atoms with Crippen molar-refractivity contribution in [3.63, 3.8) is 0 Å². The van der Waals surface area contributed by atoms with E-state index in [2.05, 4.69) is 11.1 Å². The molecule has 2 rings (SSSR count). The van der Waals surface area contributed by atoms with Crippen molar-refractivity contribution in [3.8, 4) is 0 Å². The summed E-state index contributed by atoms with van der Waals surface area (Å²) in [5.41, 5.74) is 2.12. The van der Waals surface area contributed by atoms with Gasteiger partial charge in [0.1, 0.15) is 5.15 Å². The van der Waals surface area contributed by atoms with E-state index in [1.165, 1.54) is 5.56 Å². The van der Waals surface area contributed by atoms with Crippen LogP contribution in [-0.4, -0.2) is 4.98 Å². The second kappa shape index (κ2) is 2.76. The molecule has 0 saturated carbocycles. The fourth-order valence-electron chi connectivity index (χ4n) is 1.15. The molecule has 0 fully saturated rings. The van der Waals surface area contributed by atoms with Gasteiger partial charge in [0.05, 0.1) is 5.52 Å². The molecule has 0 amide bonds. The van der Waals surface area contributed by atoms with Gasteiger partial charge in [-0.25, -0.2) is 4.98 Å². The topological polar surface area (TPSA) is 12.9 Å². The van der Waals surface area contributed by atoms with Gasteiger partial charge < -0.3 is 0 Å². The van der Waals surface area contributed by atoms with Crippen LogP contribution in [0.3, 0.4) is 0 Å². The number of hydrogen-bond acceptors (Lipinski definition) is 1. The van der Waals surface area contributed by atoms with Crippen molar-refractivity contribution in [1.29, 1.82) is 0 Å². The molecule has 0 aliphatic rings. The minimum atomic E-state index is 0.424. The molecule has 1 radical (unpaired) electrons. The van der Waals surface area contributed by atoms with E-state index < -0.39 is 0 Å². The van der Waals surface area contributed by atoms with Crippen LogP contribution in [0.1, 0.15) is 5.56 Å². The first-order valence-electron chi connectivity index (χ1n) is 3.70. The first-order valence-corrected chi connectivity index (χ1v) is 4.08. The molecule has 1 heterocycles. The Morgan fingerprint density at radius 3 is 3.08 bits per heavy atom. The average molecular weight is 177 g/mol. The van der Waals surface area contributed by atoms with E-state index in [4.69, 9.17) is 11.6 Å². The van der Waals surface area contributed by atoms with Crippen LogP contribution < -0.4 is 0 Å². The molecule has 1 aromatic carbocycles. The van der Waals surface area contributed by atoms with Crippen molar-refractivity contribution in [2.75, 3.05) is 0 Å². The lowest BCUT2D eigenvalue weighted by Crippen LogP contribution is -1.80. The molecular formula is C10H7ClN. The Bertz CT molecular complexity index is 386. The summed E-state index contributed by atoms with van der Waals surface area (Å²) in [5, 5.41) is 1.50. The molecule has 2 heteroatoms. The molecule has 12 heavy (non-hydrogen) atoms. The van der Waals surface area contributed by atoms with Crippen LogP contribution in [0.2, 0.25) is 5.15 Å². The molecule has 0 atom stereocenters. The van der Waals surface area contributed by atoms with Gasteiger partial charge in [0, 0.05) is 11.5 Å². The van der Waals surface area contributed by atoms with Crippen LogP contribution in [0.5, 0.6) is 0 Å². The standard InChI is InChI=1S/C10H7ClN/c1-7-2-3-8-4-5-10(11)12-9(8)6-7/h2-4,6H,1H3. The normalized spacial score (nSPS) is 10.5. The number of aryl methyl sites for hydroxylation is 1. The zero-order chi connectivity index (χ0) is 8.55. The molecule has 0 N–H and O–H groups in total. The number of fused-ring (bicyclic) bond motifs is 1. The zero-order valence-electron chi connectivity index (χ0n) is 6.63. The van der Waals surface area contributed by atoms with Gasteiger partial charge in [-0.15, -0.1) is 0 Å². The molecular weight excluding hydrogens is 170 g/mol. The number of hydrogen-bond donors (Lipinski definition) is 0. The Balaban J connectivity index is 2.80. The monoisotopic (exact) mass is 176 g/mol. The maximum atomic E-state index is 5.70. The fraction of sp³-hybridized carbons (Fsp3) is 0.100. The van der Waals surface area contributed by atoms with Gasteiger partial charge in [-0.05, 0) is 24.6 Å². The Labute approximate surface area is 76.0 Å². The molecule has 0 spiro atoms. The van der Waals surface area contributed by atoms with E-state index in [1.54, 1.807) is 0 Å². The molecule has 1 aromatic heterocycles. The summed E-state index contributed by atoms with van der Waals surface area (Å²) in [6, 6.07) is 10.8. The van der Waals surface area contributed by atoms with Crippen LogP contribution >= 0.6 is 11.6 Å². The number of halogens is 1. The third kappa shape index (κ3) is 1.28. The molecule has 0 bridgehead atoms. The quantitative estimate of drug-likeness (QED) is 0.563. The van der Waals surface area contributed by atoms with Gasteiger partial charge in [-0.2, -0.15) is 0 Å². The van der Waals surface area contributed by atoms with E-state index >= 15 is 0 Å². The lowest BCUT2D eigenvalue weighted by atomic mass is 10.1. The van der Waals surface area contributed by atoms with Crippen LogP contribution in [0.25, 0.3) is 10.9 Å². The first-order chi connectivity index (χ1) is 5.75. The zero-order valence-corrected chi connectivity index (χ0v) is 7.39. The lowest BCUT2D eigenvalue weighted by molar-refractivity contribution is 1.38. The summed E-state index contributed by atoms with van der Waals surface area (Å²) in [7, 11) is 0. The van der Waals surface area contributed by atoms with Crippen LogP contribution in [0.15, 0.2) is 24.3 Å². The van der Waals surface area contributed by atoms with Crippen molar-refractivity contribution in [1.82, 2.24) is 4.98 Å². The Kier molecular flexibility index (Phi) is 1.74. The molecule has 0 aliphatic heterocycles. The van der Waals surface area contributed by atoms with Gasteiger partial charge in [-0.1, -0.05) is 23.7 Å². The predicted molar refractivity (Wildman–Crippen MR) is 50.3 cm³/mol. The second-order valence-corrected chi connectivity index (χ2v) is 3.11. The molecule has 59 valence electrons. The summed E-state index contributed by atoms with van der Waals surface area (Å²) < 4.78 is 0. The largest absolute Gasteiger partial charge is 0.235 e. The van der Waals surface area contributed by atoms with E-state index in [9.17, 15) is 0 Å². The van der Waals surface area contributed by atoms with E-state index in [1.807, 2.05) is 31.2 Å². The summed E-state index contributed by atoms with van der Waals surface area (Å²) in [6.45, 7) is 2.03. The van der Waals surface area contributed by atoms with Crippen molar-refractivity contribution in [2.24, 2.45) is 0 Å². The van der Waals surface area contributed by atoms with E-state index in [-0.39, 0.29) is 0 Å². The highest BCUT2D eigenvalue weighted by atomic mass is 35.5. The van der Waals surface area contributed by atoms with Gasteiger partial charge in [0.2, 0.25) is 0 Å². The number of rotatable bonds is 0. The van der Waals surface area contributed by atoms with Crippen molar-refractivity contribution in [3.05, 3.63) is 41.0 Å². The van der Waals surface area contributed by atoms with Crippen LogP contribution in [0.4, 0.5) is 0 Å². The fourth-order valence-corrected chi connectivity index (χ4v) is 1.29. The Morgan fingerprint density at radius 1 is 1.42 bits per heavy atom.